The molecule has 1 fully saturated rings. The standard InChI is InChI=1S/C25H33ClN4O5S/c1-27-14-21-28-29-24(30(21)2)36-22-18(31)13-25(35-23(22)32,16-7-5-6-8-16)10-9-15-11-17(26)20(34-4)12-19(15)33-3/h11-12,16,27,31H,5-10,13-14H2,1-4H3. The second kappa shape index (κ2) is 11.3. The van der Waals surface area contributed by atoms with Gasteiger partial charge in [0.15, 0.2) is 5.16 Å². The summed E-state index contributed by atoms with van der Waals surface area (Å²) in [6.45, 7) is 0.545. The Balaban J connectivity index is 1.60. The Bertz CT molecular complexity index is 1150. The van der Waals surface area contributed by atoms with Crippen molar-refractivity contribution in [3.8, 4) is 11.5 Å². The van der Waals surface area contributed by atoms with E-state index in [1.54, 1.807) is 24.9 Å². The lowest BCUT2D eigenvalue weighted by atomic mass is 9.77. The molecule has 0 saturated heterocycles. The van der Waals surface area contributed by atoms with Crippen molar-refractivity contribution in [1.29, 1.82) is 0 Å². The third-order valence-corrected chi connectivity index (χ3v) is 8.57. The summed E-state index contributed by atoms with van der Waals surface area (Å²) < 4.78 is 18.9. The van der Waals surface area contributed by atoms with Crippen molar-refractivity contribution in [3.05, 3.63) is 39.2 Å². The molecule has 0 radical (unpaired) electrons. The number of thioether (sulfide) groups is 1. The monoisotopic (exact) mass is 536 g/mol. The number of aromatic nitrogens is 3. The zero-order valence-corrected chi connectivity index (χ0v) is 22.7. The molecule has 2 aromatic rings. The van der Waals surface area contributed by atoms with Crippen molar-refractivity contribution in [3.63, 3.8) is 0 Å². The number of esters is 1. The van der Waals surface area contributed by atoms with Gasteiger partial charge in [-0.1, -0.05) is 24.4 Å². The number of aliphatic hydroxyl groups excluding tert-OH is 1. The lowest BCUT2D eigenvalue weighted by Gasteiger charge is -2.41. The molecule has 1 aliphatic carbocycles. The molecule has 11 heteroatoms. The minimum absolute atomic E-state index is 0.0426. The maximum Gasteiger partial charge on any atom is 0.349 e. The van der Waals surface area contributed by atoms with E-state index < -0.39 is 11.6 Å². The number of nitrogens with zero attached hydrogens (tertiary/aromatic N) is 3. The molecule has 0 bridgehead atoms. The number of cyclic esters (lactones) is 1. The number of halogens is 1. The zero-order chi connectivity index (χ0) is 25.9. The third-order valence-electron chi connectivity index (χ3n) is 7.14. The highest BCUT2D eigenvalue weighted by atomic mass is 35.5. The molecule has 196 valence electrons. The van der Waals surface area contributed by atoms with Crippen molar-refractivity contribution in [2.45, 2.75) is 62.2 Å². The van der Waals surface area contributed by atoms with Crippen LogP contribution in [-0.4, -0.2) is 52.7 Å². The van der Waals surface area contributed by atoms with Gasteiger partial charge in [-0.05, 0) is 62.0 Å². The van der Waals surface area contributed by atoms with Crippen molar-refractivity contribution in [2.75, 3.05) is 21.3 Å². The van der Waals surface area contributed by atoms with Crippen LogP contribution in [0.5, 0.6) is 11.5 Å². The van der Waals surface area contributed by atoms with Gasteiger partial charge in [0.25, 0.3) is 0 Å². The molecule has 1 aromatic carbocycles. The van der Waals surface area contributed by atoms with Crippen LogP contribution in [0.25, 0.3) is 0 Å². The molecule has 1 aliphatic heterocycles. The predicted molar refractivity (Wildman–Crippen MR) is 138 cm³/mol. The Morgan fingerprint density at radius 3 is 2.61 bits per heavy atom. The van der Waals surface area contributed by atoms with E-state index in [2.05, 4.69) is 15.5 Å². The van der Waals surface area contributed by atoms with Gasteiger partial charge in [0.1, 0.15) is 33.6 Å². The van der Waals surface area contributed by atoms with Crippen molar-refractivity contribution < 1.29 is 24.1 Å². The van der Waals surface area contributed by atoms with Gasteiger partial charge >= 0.3 is 5.97 Å². The Kier molecular flexibility index (Phi) is 8.37. The van der Waals surface area contributed by atoms with Gasteiger partial charge in [-0.25, -0.2) is 4.79 Å². The average Bonchev–Trinajstić information content (AvgIpc) is 3.52. The Morgan fingerprint density at radius 1 is 1.25 bits per heavy atom. The van der Waals surface area contributed by atoms with E-state index in [-0.39, 0.29) is 23.0 Å². The fourth-order valence-electron chi connectivity index (χ4n) is 5.17. The zero-order valence-electron chi connectivity index (χ0n) is 21.1. The molecule has 9 nitrogen and oxygen atoms in total. The van der Waals surface area contributed by atoms with E-state index in [1.807, 2.05) is 20.2 Å². The Labute approximate surface area is 220 Å². The number of carbonyl (C=O) groups excluding carboxylic acids is 1. The maximum absolute atomic E-state index is 13.3. The number of aliphatic hydroxyl groups is 1. The average molecular weight is 537 g/mol. The predicted octanol–water partition coefficient (Wildman–Crippen LogP) is 4.58. The lowest BCUT2D eigenvalue weighted by Crippen LogP contribution is -2.45. The smallest absolute Gasteiger partial charge is 0.349 e. The lowest BCUT2D eigenvalue weighted by molar-refractivity contribution is -0.166. The van der Waals surface area contributed by atoms with E-state index in [1.165, 1.54) is 0 Å². The molecular formula is C25H33ClN4O5S. The normalized spacial score (nSPS) is 20.6. The number of hydrogen-bond acceptors (Lipinski definition) is 9. The van der Waals surface area contributed by atoms with Crippen LogP contribution in [0, 0.1) is 5.92 Å². The first-order valence-corrected chi connectivity index (χ1v) is 13.3. The number of aryl methyl sites for hydroxylation is 1. The van der Waals surface area contributed by atoms with Crippen LogP contribution in [0.15, 0.2) is 28.0 Å². The molecule has 1 saturated carbocycles. The minimum Gasteiger partial charge on any atom is -0.511 e. The quantitative estimate of drug-likeness (QED) is 0.422. The number of nitrogens with one attached hydrogen (secondary N) is 1. The molecule has 0 spiro atoms. The van der Waals surface area contributed by atoms with Crippen molar-refractivity contribution in [2.24, 2.45) is 13.0 Å². The first-order chi connectivity index (χ1) is 17.3. The molecule has 1 atom stereocenters. The van der Waals surface area contributed by atoms with Crippen LogP contribution in [0.3, 0.4) is 0 Å². The van der Waals surface area contributed by atoms with Gasteiger partial charge in [0, 0.05) is 19.5 Å². The topological polar surface area (TPSA) is 108 Å². The van der Waals surface area contributed by atoms with Gasteiger partial charge in [-0.3, -0.25) is 0 Å². The van der Waals surface area contributed by atoms with Crippen LogP contribution in [-0.2, 0) is 29.5 Å². The molecule has 0 amide bonds. The maximum atomic E-state index is 13.3. The number of rotatable bonds is 10. The van der Waals surface area contributed by atoms with E-state index in [9.17, 15) is 9.90 Å². The Hall–Kier alpha value is -2.43. The minimum atomic E-state index is -0.795. The molecular weight excluding hydrogens is 504 g/mol. The van der Waals surface area contributed by atoms with Crippen LogP contribution in [0.4, 0.5) is 0 Å². The largest absolute Gasteiger partial charge is 0.511 e. The van der Waals surface area contributed by atoms with Crippen molar-refractivity contribution in [1.82, 2.24) is 20.1 Å². The molecule has 2 aliphatic rings. The number of carbonyl (C=O) groups is 1. The van der Waals surface area contributed by atoms with Crippen molar-refractivity contribution >= 4 is 29.3 Å². The van der Waals surface area contributed by atoms with Gasteiger partial charge in [-0.15, -0.1) is 10.2 Å². The van der Waals surface area contributed by atoms with Gasteiger partial charge in [0.2, 0.25) is 0 Å². The highest BCUT2D eigenvalue weighted by Crippen LogP contribution is 2.48. The summed E-state index contributed by atoms with van der Waals surface area (Å²) in [5.41, 5.74) is 0.104. The number of methoxy groups -OCH3 is 2. The molecule has 1 unspecified atom stereocenters. The second-order valence-corrected chi connectivity index (χ2v) is 10.7. The fraction of sp³-hybridized carbons (Fsp3) is 0.560. The molecule has 4 rings (SSSR count). The Morgan fingerprint density at radius 2 is 1.97 bits per heavy atom. The molecule has 1 aromatic heterocycles. The number of hydrogen-bond donors (Lipinski definition) is 2. The van der Waals surface area contributed by atoms with E-state index in [0.29, 0.717) is 41.1 Å². The molecule has 2 heterocycles. The first kappa shape index (κ1) is 26.6. The molecule has 36 heavy (non-hydrogen) atoms. The molecule has 2 N–H and O–H groups in total. The SMILES string of the molecule is CNCc1nnc(SC2=C(O)CC(CCc3cc(Cl)c(OC)cc3OC)(C3CCCC3)OC2=O)n1C. The highest BCUT2D eigenvalue weighted by molar-refractivity contribution is 8.03. The van der Waals surface area contributed by atoms with E-state index in [4.69, 9.17) is 25.8 Å². The summed E-state index contributed by atoms with van der Waals surface area (Å²) in [6, 6.07) is 3.60. The number of ether oxygens (including phenoxy) is 3. The van der Waals surface area contributed by atoms with Crippen LogP contribution >= 0.6 is 23.4 Å². The van der Waals surface area contributed by atoms with E-state index >= 15 is 0 Å². The first-order valence-electron chi connectivity index (χ1n) is 12.1. The summed E-state index contributed by atoms with van der Waals surface area (Å²) in [7, 11) is 6.82. The summed E-state index contributed by atoms with van der Waals surface area (Å²) in [6.07, 6.45) is 5.46. The van der Waals surface area contributed by atoms with Gasteiger partial charge in [0.05, 0.1) is 25.8 Å². The summed E-state index contributed by atoms with van der Waals surface area (Å²) >= 11 is 7.47. The van der Waals surface area contributed by atoms with Crippen LogP contribution in [0.1, 0.15) is 49.9 Å². The third kappa shape index (κ3) is 5.31. The highest BCUT2D eigenvalue weighted by Gasteiger charge is 2.48. The second-order valence-electron chi connectivity index (χ2n) is 9.28. The van der Waals surface area contributed by atoms with Crippen LogP contribution in [0.2, 0.25) is 5.02 Å². The van der Waals surface area contributed by atoms with Crippen LogP contribution < -0.4 is 14.8 Å². The van der Waals surface area contributed by atoms with E-state index in [0.717, 1.165) is 48.8 Å². The summed E-state index contributed by atoms with van der Waals surface area (Å²) in [5, 5.41) is 23.5. The number of benzene rings is 1. The van der Waals surface area contributed by atoms with Gasteiger partial charge in [-0.2, -0.15) is 0 Å². The summed E-state index contributed by atoms with van der Waals surface area (Å²) in [4.78, 5) is 13.5. The fourth-order valence-corrected chi connectivity index (χ4v) is 6.26. The van der Waals surface area contributed by atoms with Gasteiger partial charge < -0.3 is 29.2 Å². The summed E-state index contributed by atoms with van der Waals surface area (Å²) in [5.74, 6) is 1.63.